The second-order valence-corrected chi connectivity index (χ2v) is 4.72. The smallest absolute Gasteiger partial charge is 0.357 e. The van der Waals surface area contributed by atoms with Crippen LogP contribution >= 0.6 is 0 Å². The van der Waals surface area contributed by atoms with Crippen molar-refractivity contribution in [3.05, 3.63) is 36.0 Å². The van der Waals surface area contributed by atoms with Gasteiger partial charge < -0.3 is 15.2 Å². The van der Waals surface area contributed by atoms with Crippen LogP contribution in [0, 0.1) is 0 Å². The van der Waals surface area contributed by atoms with E-state index in [1.54, 1.807) is 6.07 Å². The number of carbonyl (C=O) groups is 1. The first-order chi connectivity index (χ1) is 10.2. The van der Waals surface area contributed by atoms with Gasteiger partial charge in [-0.3, -0.25) is 0 Å². The topological polar surface area (TPSA) is 74.4 Å². The van der Waals surface area contributed by atoms with Crippen LogP contribution in [0.5, 0.6) is 0 Å². The summed E-state index contributed by atoms with van der Waals surface area (Å²) < 4.78 is 10.5. The monoisotopic (exact) mass is 288 g/mol. The molecule has 1 aromatic carbocycles. The minimum atomic E-state index is -0.480. The Hall–Kier alpha value is -2.14. The van der Waals surface area contributed by atoms with Crippen LogP contribution in [0.25, 0.3) is 10.9 Å². The highest BCUT2D eigenvalue weighted by atomic mass is 16.6. The first-order valence-electron chi connectivity index (χ1n) is 7.12. The summed E-state index contributed by atoms with van der Waals surface area (Å²) in [4.78, 5) is 16.2. The van der Waals surface area contributed by atoms with Crippen LogP contribution in [0.4, 0.5) is 5.69 Å². The van der Waals surface area contributed by atoms with Gasteiger partial charge in [-0.2, -0.15) is 0 Å². The van der Waals surface area contributed by atoms with E-state index in [4.69, 9.17) is 15.2 Å². The highest BCUT2D eigenvalue weighted by molar-refractivity contribution is 5.96. The molecule has 0 saturated carbocycles. The molecule has 5 heteroatoms. The molecule has 21 heavy (non-hydrogen) atoms. The van der Waals surface area contributed by atoms with E-state index >= 15 is 0 Å². The number of hydrogen-bond donors (Lipinski definition) is 1. The van der Waals surface area contributed by atoms with Crippen LogP contribution in [0.15, 0.2) is 30.3 Å². The number of anilines is 1. The van der Waals surface area contributed by atoms with Crippen molar-refractivity contribution in [3.8, 4) is 0 Å². The average molecular weight is 288 g/mol. The van der Waals surface area contributed by atoms with E-state index in [1.165, 1.54) is 0 Å². The number of benzene rings is 1. The van der Waals surface area contributed by atoms with Crippen LogP contribution < -0.4 is 5.73 Å². The van der Waals surface area contributed by atoms with Crippen molar-refractivity contribution < 1.29 is 14.3 Å². The third-order valence-electron chi connectivity index (χ3n) is 3.06. The molecule has 0 bridgehead atoms. The predicted molar refractivity (Wildman–Crippen MR) is 82.2 cm³/mol. The summed E-state index contributed by atoms with van der Waals surface area (Å²) in [7, 11) is 0. The van der Waals surface area contributed by atoms with E-state index in [9.17, 15) is 4.79 Å². The normalized spacial score (nSPS) is 10.7. The fourth-order valence-corrected chi connectivity index (χ4v) is 1.92. The maximum absolute atomic E-state index is 11.9. The highest BCUT2D eigenvalue weighted by Crippen LogP contribution is 2.20. The average Bonchev–Trinajstić information content (AvgIpc) is 2.50. The number of fused-ring (bicyclic) bond motifs is 1. The molecule has 1 aromatic heterocycles. The number of esters is 1. The lowest BCUT2D eigenvalue weighted by Gasteiger charge is -2.07. The van der Waals surface area contributed by atoms with Gasteiger partial charge >= 0.3 is 5.97 Å². The van der Waals surface area contributed by atoms with Gasteiger partial charge in [0.1, 0.15) is 6.61 Å². The molecule has 0 unspecified atom stereocenters. The highest BCUT2D eigenvalue weighted by Gasteiger charge is 2.11. The lowest BCUT2D eigenvalue weighted by Crippen LogP contribution is -2.13. The third kappa shape index (κ3) is 4.16. The Morgan fingerprint density at radius 1 is 1.24 bits per heavy atom. The van der Waals surface area contributed by atoms with Crippen LogP contribution in [0.3, 0.4) is 0 Å². The van der Waals surface area contributed by atoms with E-state index < -0.39 is 5.97 Å². The van der Waals surface area contributed by atoms with Gasteiger partial charge in [-0.25, -0.2) is 9.78 Å². The molecule has 0 radical (unpaired) electrons. The predicted octanol–water partition coefficient (Wildman–Crippen LogP) is 2.79. The van der Waals surface area contributed by atoms with Gasteiger partial charge in [0.15, 0.2) is 5.69 Å². The second-order valence-electron chi connectivity index (χ2n) is 4.72. The molecule has 2 aromatic rings. The second kappa shape index (κ2) is 7.59. The Bertz CT molecular complexity index is 613. The Morgan fingerprint density at radius 3 is 2.86 bits per heavy atom. The summed E-state index contributed by atoms with van der Waals surface area (Å²) in [5, 5.41) is 0.831. The number of carbonyl (C=O) groups excluding carboxylic acids is 1. The van der Waals surface area contributed by atoms with Crippen molar-refractivity contribution in [1.29, 1.82) is 0 Å². The molecule has 0 spiro atoms. The first-order valence-corrected chi connectivity index (χ1v) is 7.12. The van der Waals surface area contributed by atoms with E-state index in [2.05, 4.69) is 11.9 Å². The van der Waals surface area contributed by atoms with Gasteiger partial charge in [0.2, 0.25) is 0 Å². The zero-order valence-electron chi connectivity index (χ0n) is 12.2. The zero-order chi connectivity index (χ0) is 15.1. The zero-order valence-corrected chi connectivity index (χ0v) is 12.2. The van der Waals surface area contributed by atoms with Gasteiger partial charge in [-0.15, -0.1) is 0 Å². The first kappa shape index (κ1) is 15.3. The summed E-state index contributed by atoms with van der Waals surface area (Å²) >= 11 is 0. The molecular formula is C16H20N2O3. The van der Waals surface area contributed by atoms with Crippen molar-refractivity contribution in [2.75, 3.05) is 25.6 Å². The lowest BCUT2D eigenvalue weighted by atomic mass is 10.1. The number of nitrogens with zero attached hydrogens (tertiary/aromatic N) is 1. The minimum Gasteiger partial charge on any atom is -0.459 e. The quantitative estimate of drug-likeness (QED) is 0.626. The van der Waals surface area contributed by atoms with Crippen molar-refractivity contribution in [2.45, 2.75) is 19.8 Å². The number of unbranched alkanes of at least 4 members (excludes halogenated alkanes) is 1. The fraction of sp³-hybridized carbons (Fsp3) is 0.375. The summed E-state index contributed by atoms with van der Waals surface area (Å²) in [5.74, 6) is -0.480. The standard InChI is InChI=1S/C16H20N2O3/c1-2-3-8-20-9-10-21-16(19)15-11-13(17)12-6-4-5-7-14(12)18-15/h4-7,11H,2-3,8-10H2,1H3,(H2,17,18). The summed E-state index contributed by atoms with van der Waals surface area (Å²) in [6.07, 6.45) is 2.09. The molecule has 5 nitrogen and oxygen atoms in total. The Morgan fingerprint density at radius 2 is 2.05 bits per heavy atom. The van der Waals surface area contributed by atoms with E-state index in [1.807, 2.05) is 24.3 Å². The molecule has 1 heterocycles. The third-order valence-corrected chi connectivity index (χ3v) is 3.06. The molecule has 2 N–H and O–H groups in total. The number of nitrogens with two attached hydrogens (primary N) is 1. The lowest BCUT2D eigenvalue weighted by molar-refractivity contribution is 0.0308. The van der Waals surface area contributed by atoms with Crippen molar-refractivity contribution in [2.24, 2.45) is 0 Å². The molecular weight excluding hydrogens is 268 g/mol. The van der Waals surface area contributed by atoms with Crippen LogP contribution in [-0.2, 0) is 9.47 Å². The fourth-order valence-electron chi connectivity index (χ4n) is 1.92. The number of para-hydroxylation sites is 1. The molecule has 0 saturated heterocycles. The molecule has 2 rings (SSSR count). The minimum absolute atomic E-state index is 0.219. The van der Waals surface area contributed by atoms with Crippen molar-refractivity contribution in [1.82, 2.24) is 4.98 Å². The van der Waals surface area contributed by atoms with E-state index in [-0.39, 0.29) is 12.3 Å². The number of hydrogen-bond acceptors (Lipinski definition) is 5. The van der Waals surface area contributed by atoms with Gasteiger partial charge in [0.25, 0.3) is 0 Å². The number of nitrogen functional groups attached to an aromatic ring is 1. The molecule has 0 atom stereocenters. The Balaban J connectivity index is 1.93. The Kier molecular flexibility index (Phi) is 5.51. The molecule has 112 valence electrons. The van der Waals surface area contributed by atoms with Crippen LogP contribution in [0.2, 0.25) is 0 Å². The molecule has 0 aliphatic carbocycles. The maximum Gasteiger partial charge on any atom is 0.357 e. The van der Waals surface area contributed by atoms with Crippen LogP contribution in [0.1, 0.15) is 30.3 Å². The van der Waals surface area contributed by atoms with Crippen LogP contribution in [-0.4, -0.2) is 30.8 Å². The number of pyridine rings is 1. The van der Waals surface area contributed by atoms with Gasteiger partial charge in [0, 0.05) is 17.7 Å². The van der Waals surface area contributed by atoms with Gasteiger partial charge in [0.05, 0.1) is 12.1 Å². The summed E-state index contributed by atoms with van der Waals surface area (Å²) in [6.45, 7) is 3.40. The summed E-state index contributed by atoms with van der Waals surface area (Å²) in [5.41, 5.74) is 7.36. The number of ether oxygens (including phenoxy) is 2. The molecule has 0 amide bonds. The number of rotatable bonds is 7. The molecule has 0 aliphatic heterocycles. The Labute approximate surface area is 124 Å². The van der Waals surface area contributed by atoms with Crippen molar-refractivity contribution in [3.63, 3.8) is 0 Å². The van der Waals surface area contributed by atoms with E-state index in [0.29, 0.717) is 24.4 Å². The largest absolute Gasteiger partial charge is 0.459 e. The maximum atomic E-state index is 11.9. The molecule has 0 aliphatic rings. The SMILES string of the molecule is CCCCOCCOC(=O)c1cc(N)c2ccccc2n1. The molecule has 0 fully saturated rings. The van der Waals surface area contributed by atoms with Gasteiger partial charge in [-0.1, -0.05) is 31.5 Å². The summed E-state index contributed by atoms with van der Waals surface area (Å²) in [6, 6.07) is 8.96. The number of aromatic nitrogens is 1. The van der Waals surface area contributed by atoms with E-state index in [0.717, 1.165) is 18.2 Å². The van der Waals surface area contributed by atoms with Crippen molar-refractivity contribution >= 4 is 22.6 Å². The van der Waals surface area contributed by atoms with Gasteiger partial charge in [-0.05, 0) is 18.6 Å².